The van der Waals surface area contributed by atoms with Gasteiger partial charge in [0.05, 0.1) is 29.2 Å². The maximum absolute atomic E-state index is 6.03. The fourth-order valence-electron chi connectivity index (χ4n) is 2.57. The number of hydrogen-bond acceptors (Lipinski definition) is 4. The van der Waals surface area contributed by atoms with Gasteiger partial charge in [0.1, 0.15) is 0 Å². The van der Waals surface area contributed by atoms with E-state index in [0.717, 1.165) is 41.9 Å². The van der Waals surface area contributed by atoms with E-state index in [1.165, 1.54) is 19.3 Å². The first kappa shape index (κ1) is 12.3. The average Bonchev–Trinajstić information content (AvgIpc) is 2.87. The van der Waals surface area contributed by atoms with Gasteiger partial charge in [-0.15, -0.1) is 0 Å². The number of aromatic amines is 1. The minimum absolute atomic E-state index is 0.401. The molecule has 1 unspecified atom stereocenters. The van der Waals surface area contributed by atoms with Crippen LogP contribution in [-0.2, 0) is 4.74 Å². The van der Waals surface area contributed by atoms with Crippen LogP contribution in [-0.4, -0.2) is 29.5 Å². The molecule has 1 atom stereocenters. The number of nitrogens with two attached hydrogens (primary N) is 1. The van der Waals surface area contributed by atoms with Crippen LogP contribution in [0.5, 0.6) is 0 Å². The fourth-order valence-corrected chi connectivity index (χ4v) is 2.57. The summed E-state index contributed by atoms with van der Waals surface area (Å²) in [4.78, 5) is 0. The minimum Gasteiger partial charge on any atom is -0.397 e. The van der Waals surface area contributed by atoms with Crippen molar-refractivity contribution in [2.45, 2.75) is 31.8 Å². The zero-order valence-corrected chi connectivity index (χ0v) is 11.0. The molecule has 1 aliphatic rings. The number of nitrogen functional groups attached to an aromatic ring is 1. The molecule has 2 aromatic rings. The summed E-state index contributed by atoms with van der Waals surface area (Å²) in [6, 6.07) is 3.96. The van der Waals surface area contributed by atoms with Crippen LogP contribution in [0.15, 0.2) is 18.3 Å². The summed E-state index contributed by atoms with van der Waals surface area (Å²) in [5, 5.41) is 11.4. The molecule has 1 aliphatic heterocycles. The predicted octanol–water partition coefficient (Wildman–Crippen LogP) is 2.52. The fraction of sp³-hybridized carbons (Fsp3) is 0.500. The number of aromatic nitrogens is 2. The van der Waals surface area contributed by atoms with E-state index in [-0.39, 0.29) is 0 Å². The average molecular weight is 260 g/mol. The van der Waals surface area contributed by atoms with Gasteiger partial charge in [-0.3, -0.25) is 5.10 Å². The van der Waals surface area contributed by atoms with Crippen LogP contribution in [0.3, 0.4) is 0 Å². The minimum atomic E-state index is 0.401. The molecule has 2 heterocycles. The van der Waals surface area contributed by atoms with Crippen LogP contribution in [0.25, 0.3) is 10.9 Å². The molecule has 0 bridgehead atoms. The molecular formula is C14H20N4O. The Balaban J connectivity index is 1.59. The molecule has 5 heteroatoms. The summed E-state index contributed by atoms with van der Waals surface area (Å²) < 4.78 is 5.72. The van der Waals surface area contributed by atoms with Gasteiger partial charge < -0.3 is 15.8 Å². The molecule has 102 valence electrons. The zero-order valence-electron chi connectivity index (χ0n) is 11.0. The highest BCUT2D eigenvalue weighted by molar-refractivity contribution is 5.88. The summed E-state index contributed by atoms with van der Waals surface area (Å²) >= 11 is 0. The van der Waals surface area contributed by atoms with Gasteiger partial charge >= 0.3 is 0 Å². The lowest BCUT2D eigenvalue weighted by Gasteiger charge is -2.22. The largest absolute Gasteiger partial charge is 0.397 e. The lowest BCUT2D eigenvalue weighted by atomic mass is 10.1. The highest BCUT2D eigenvalue weighted by Gasteiger charge is 2.13. The third kappa shape index (κ3) is 2.81. The van der Waals surface area contributed by atoms with Gasteiger partial charge in [-0.25, -0.2) is 0 Å². The number of ether oxygens (including phenoxy) is 1. The second-order valence-electron chi connectivity index (χ2n) is 5.10. The maximum Gasteiger partial charge on any atom is 0.0672 e. The Bertz CT molecular complexity index is 545. The molecule has 4 N–H and O–H groups in total. The Hall–Kier alpha value is -1.75. The van der Waals surface area contributed by atoms with Crippen LogP contribution in [0.2, 0.25) is 0 Å². The Kier molecular flexibility index (Phi) is 3.55. The van der Waals surface area contributed by atoms with Crippen LogP contribution in [0, 0.1) is 0 Å². The topological polar surface area (TPSA) is 76.0 Å². The molecule has 0 amide bonds. The molecule has 3 rings (SSSR count). The van der Waals surface area contributed by atoms with Crippen LogP contribution < -0.4 is 11.1 Å². The number of H-pyrrole nitrogens is 1. The summed E-state index contributed by atoms with van der Waals surface area (Å²) in [5.41, 5.74) is 8.76. The van der Waals surface area contributed by atoms with Crippen LogP contribution >= 0.6 is 0 Å². The van der Waals surface area contributed by atoms with E-state index >= 15 is 0 Å². The Labute approximate surface area is 112 Å². The summed E-state index contributed by atoms with van der Waals surface area (Å²) in [6.07, 6.45) is 6.88. The lowest BCUT2D eigenvalue weighted by molar-refractivity contribution is 0.0134. The van der Waals surface area contributed by atoms with Crippen molar-refractivity contribution in [3.8, 4) is 0 Å². The van der Waals surface area contributed by atoms with E-state index in [2.05, 4.69) is 15.5 Å². The summed E-state index contributed by atoms with van der Waals surface area (Å²) in [7, 11) is 0. The van der Waals surface area contributed by atoms with Gasteiger partial charge in [0.15, 0.2) is 0 Å². The van der Waals surface area contributed by atoms with E-state index in [1.807, 2.05) is 12.1 Å². The maximum atomic E-state index is 6.03. The van der Waals surface area contributed by atoms with Crippen molar-refractivity contribution in [3.63, 3.8) is 0 Å². The molecule has 1 fully saturated rings. The first-order valence-electron chi connectivity index (χ1n) is 6.91. The molecule has 1 aromatic heterocycles. The Morgan fingerprint density at radius 3 is 3.21 bits per heavy atom. The number of rotatable bonds is 4. The van der Waals surface area contributed by atoms with Gasteiger partial charge in [-0.2, -0.15) is 5.10 Å². The number of anilines is 2. The zero-order chi connectivity index (χ0) is 13.1. The highest BCUT2D eigenvalue weighted by atomic mass is 16.5. The SMILES string of the molecule is Nc1cc2cn[nH]c2cc1NCCC1CCCCO1. The van der Waals surface area contributed by atoms with E-state index in [1.54, 1.807) is 6.20 Å². The van der Waals surface area contributed by atoms with Gasteiger partial charge in [0.2, 0.25) is 0 Å². The van der Waals surface area contributed by atoms with Crippen molar-refractivity contribution in [1.82, 2.24) is 10.2 Å². The molecule has 0 radical (unpaired) electrons. The highest BCUT2D eigenvalue weighted by Crippen LogP contribution is 2.25. The van der Waals surface area contributed by atoms with Crippen molar-refractivity contribution in [2.75, 3.05) is 24.2 Å². The number of hydrogen-bond donors (Lipinski definition) is 3. The standard InChI is InChI=1S/C14H20N4O/c15-12-7-10-9-17-18-13(10)8-14(12)16-5-4-11-3-1-2-6-19-11/h7-9,11,16H,1-6,15H2,(H,17,18). The van der Waals surface area contributed by atoms with Gasteiger partial charge in [0, 0.05) is 18.5 Å². The second-order valence-corrected chi connectivity index (χ2v) is 5.10. The number of fused-ring (bicyclic) bond motifs is 1. The van der Waals surface area contributed by atoms with Crippen LogP contribution in [0.1, 0.15) is 25.7 Å². The molecule has 19 heavy (non-hydrogen) atoms. The van der Waals surface area contributed by atoms with Crippen LogP contribution in [0.4, 0.5) is 11.4 Å². The smallest absolute Gasteiger partial charge is 0.0672 e. The molecule has 0 saturated carbocycles. The van der Waals surface area contributed by atoms with Crippen molar-refractivity contribution < 1.29 is 4.74 Å². The monoisotopic (exact) mass is 260 g/mol. The van der Waals surface area contributed by atoms with Gasteiger partial charge in [0.25, 0.3) is 0 Å². The quantitative estimate of drug-likeness (QED) is 0.738. The number of nitrogens with zero attached hydrogens (tertiary/aromatic N) is 1. The van der Waals surface area contributed by atoms with E-state index < -0.39 is 0 Å². The van der Waals surface area contributed by atoms with E-state index in [9.17, 15) is 0 Å². The number of nitrogens with one attached hydrogen (secondary N) is 2. The van der Waals surface area contributed by atoms with Gasteiger partial charge in [-0.05, 0) is 37.8 Å². The third-order valence-electron chi connectivity index (χ3n) is 3.67. The lowest BCUT2D eigenvalue weighted by Crippen LogP contribution is -2.22. The molecule has 5 nitrogen and oxygen atoms in total. The first-order chi connectivity index (χ1) is 9.33. The second kappa shape index (κ2) is 5.48. The van der Waals surface area contributed by atoms with E-state index in [0.29, 0.717) is 6.10 Å². The molecule has 1 aromatic carbocycles. The van der Waals surface area contributed by atoms with E-state index in [4.69, 9.17) is 10.5 Å². The first-order valence-corrected chi connectivity index (χ1v) is 6.91. The van der Waals surface area contributed by atoms with Crippen molar-refractivity contribution >= 4 is 22.3 Å². The van der Waals surface area contributed by atoms with Crippen molar-refractivity contribution in [1.29, 1.82) is 0 Å². The summed E-state index contributed by atoms with van der Waals surface area (Å²) in [5.74, 6) is 0. The Morgan fingerprint density at radius 1 is 1.42 bits per heavy atom. The normalized spacial score (nSPS) is 19.7. The Morgan fingerprint density at radius 2 is 2.37 bits per heavy atom. The molecule has 0 spiro atoms. The van der Waals surface area contributed by atoms with Crippen molar-refractivity contribution in [3.05, 3.63) is 18.3 Å². The predicted molar refractivity (Wildman–Crippen MR) is 77.2 cm³/mol. The molecular weight excluding hydrogens is 240 g/mol. The number of benzene rings is 1. The van der Waals surface area contributed by atoms with Gasteiger partial charge in [-0.1, -0.05) is 0 Å². The third-order valence-corrected chi connectivity index (χ3v) is 3.67. The molecule has 0 aliphatic carbocycles. The summed E-state index contributed by atoms with van der Waals surface area (Å²) in [6.45, 7) is 1.79. The van der Waals surface area contributed by atoms with Crippen molar-refractivity contribution in [2.24, 2.45) is 0 Å². The molecule has 1 saturated heterocycles.